The standard InChI is InChI=1S/C13H16INO3/c1-2-3-4-11(13(17)18)15-12(16)9-5-7-10(14)8-6-9/h5-8,11H,2-4H2,1H3,(H,15,16)(H,17,18). The molecule has 0 radical (unpaired) electrons. The van der Waals surface area contributed by atoms with Crippen LogP contribution in [0, 0.1) is 3.57 Å². The topological polar surface area (TPSA) is 66.4 Å². The first-order chi connectivity index (χ1) is 8.54. The number of amides is 1. The third-order valence-corrected chi connectivity index (χ3v) is 3.28. The predicted molar refractivity (Wildman–Crippen MR) is 77.6 cm³/mol. The summed E-state index contributed by atoms with van der Waals surface area (Å²) < 4.78 is 1.03. The average molecular weight is 361 g/mol. The zero-order chi connectivity index (χ0) is 13.5. The molecule has 18 heavy (non-hydrogen) atoms. The number of unbranched alkanes of at least 4 members (excludes halogenated alkanes) is 1. The van der Waals surface area contributed by atoms with Crippen LogP contribution in [-0.2, 0) is 4.79 Å². The number of halogens is 1. The van der Waals surface area contributed by atoms with Crippen LogP contribution in [-0.4, -0.2) is 23.0 Å². The van der Waals surface area contributed by atoms with Gasteiger partial charge in [0.25, 0.3) is 5.91 Å². The van der Waals surface area contributed by atoms with E-state index in [1.54, 1.807) is 12.1 Å². The van der Waals surface area contributed by atoms with Crippen LogP contribution < -0.4 is 5.32 Å². The SMILES string of the molecule is CCCCC(NC(=O)c1ccc(I)cc1)C(=O)O. The first-order valence-corrected chi connectivity index (χ1v) is 6.91. The largest absolute Gasteiger partial charge is 0.480 e. The summed E-state index contributed by atoms with van der Waals surface area (Å²) in [4.78, 5) is 22.9. The van der Waals surface area contributed by atoms with Crippen molar-refractivity contribution in [2.45, 2.75) is 32.2 Å². The number of carbonyl (C=O) groups excluding carboxylic acids is 1. The van der Waals surface area contributed by atoms with Gasteiger partial charge in [0.1, 0.15) is 6.04 Å². The van der Waals surface area contributed by atoms with Gasteiger partial charge in [-0.25, -0.2) is 4.79 Å². The Hall–Kier alpha value is -1.11. The lowest BCUT2D eigenvalue weighted by Gasteiger charge is -2.14. The molecule has 0 aliphatic heterocycles. The maximum atomic E-state index is 11.9. The van der Waals surface area contributed by atoms with E-state index < -0.39 is 12.0 Å². The van der Waals surface area contributed by atoms with Crippen molar-refractivity contribution < 1.29 is 14.7 Å². The van der Waals surface area contributed by atoms with Gasteiger partial charge in [-0.1, -0.05) is 19.8 Å². The molecular weight excluding hydrogens is 345 g/mol. The number of aliphatic carboxylic acids is 1. The van der Waals surface area contributed by atoms with Gasteiger partial charge in [-0.2, -0.15) is 0 Å². The van der Waals surface area contributed by atoms with Crippen molar-refractivity contribution in [2.75, 3.05) is 0 Å². The number of carbonyl (C=O) groups is 2. The Bertz CT molecular complexity index is 417. The number of carboxylic acids is 1. The van der Waals surface area contributed by atoms with Crippen molar-refractivity contribution in [3.8, 4) is 0 Å². The zero-order valence-corrected chi connectivity index (χ0v) is 12.3. The van der Waals surface area contributed by atoms with Crippen molar-refractivity contribution in [1.29, 1.82) is 0 Å². The molecule has 0 fully saturated rings. The fourth-order valence-electron chi connectivity index (χ4n) is 1.51. The Labute approximate surface area is 120 Å². The first kappa shape index (κ1) is 14.9. The van der Waals surface area contributed by atoms with Crippen LogP contribution in [0.3, 0.4) is 0 Å². The third-order valence-electron chi connectivity index (χ3n) is 2.56. The molecule has 0 heterocycles. The minimum absolute atomic E-state index is 0.338. The van der Waals surface area contributed by atoms with Crippen molar-refractivity contribution in [1.82, 2.24) is 5.32 Å². The summed E-state index contributed by atoms with van der Waals surface area (Å²) in [6.45, 7) is 1.99. The Morgan fingerprint density at radius 1 is 1.33 bits per heavy atom. The van der Waals surface area contributed by atoms with Crippen LogP contribution >= 0.6 is 22.6 Å². The second kappa shape index (κ2) is 7.35. The lowest BCUT2D eigenvalue weighted by atomic mass is 10.1. The van der Waals surface area contributed by atoms with Gasteiger partial charge < -0.3 is 10.4 Å². The van der Waals surface area contributed by atoms with Gasteiger partial charge in [0.2, 0.25) is 0 Å². The number of benzene rings is 1. The summed E-state index contributed by atoms with van der Waals surface area (Å²) in [5, 5.41) is 11.6. The molecule has 0 saturated carbocycles. The lowest BCUT2D eigenvalue weighted by molar-refractivity contribution is -0.139. The molecule has 0 bridgehead atoms. The highest BCUT2D eigenvalue weighted by Crippen LogP contribution is 2.08. The van der Waals surface area contributed by atoms with E-state index in [0.29, 0.717) is 12.0 Å². The van der Waals surface area contributed by atoms with E-state index in [1.165, 1.54) is 0 Å². The van der Waals surface area contributed by atoms with Gasteiger partial charge in [0, 0.05) is 9.13 Å². The molecule has 0 aliphatic carbocycles. The van der Waals surface area contributed by atoms with Gasteiger partial charge in [-0.15, -0.1) is 0 Å². The first-order valence-electron chi connectivity index (χ1n) is 5.83. The maximum absolute atomic E-state index is 11.9. The van der Waals surface area contributed by atoms with Crippen LogP contribution in [0.1, 0.15) is 36.5 Å². The third kappa shape index (κ3) is 4.64. The molecule has 0 aromatic heterocycles. The zero-order valence-electron chi connectivity index (χ0n) is 10.1. The Kier molecular flexibility index (Phi) is 6.11. The van der Waals surface area contributed by atoms with Gasteiger partial charge in [-0.05, 0) is 53.3 Å². The van der Waals surface area contributed by atoms with Gasteiger partial charge in [0.15, 0.2) is 0 Å². The molecule has 5 heteroatoms. The Morgan fingerprint density at radius 3 is 2.44 bits per heavy atom. The van der Waals surface area contributed by atoms with Crippen LogP contribution in [0.5, 0.6) is 0 Å². The van der Waals surface area contributed by atoms with E-state index >= 15 is 0 Å². The van der Waals surface area contributed by atoms with Crippen molar-refractivity contribution in [2.24, 2.45) is 0 Å². The highest BCUT2D eigenvalue weighted by atomic mass is 127. The minimum Gasteiger partial charge on any atom is -0.480 e. The van der Waals surface area contributed by atoms with E-state index in [0.717, 1.165) is 16.4 Å². The van der Waals surface area contributed by atoms with Crippen LogP contribution in [0.4, 0.5) is 0 Å². The summed E-state index contributed by atoms with van der Waals surface area (Å²) in [6, 6.07) is 6.21. The quantitative estimate of drug-likeness (QED) is 0.766. The highest BCUT2D eigenvalue weighted by Gasteiger charge is 2.19. The monoisotopic (exact) mass is 361 g/mol. The van der Waals surface area contributed by atoms with Crippen molar-refractivity contribution >= 4 is 34.5 Å². The fourth-order valence-corrected chi connectivity index (χ4v) is 1.87. The predicted octanol–water partition coefficient (Wildman–Crippen LogP) is 2.66. The Balaban J connectivity index is 2.66. The van der Waals surface area contributed by atoms with Gasteiger partial charge >= 0.3 is 5.97 Å². The van der Waals surface area contributed by atoms with Crippen molar-refractivity contribution in [3.05, 3.63) is 33.4 Å². The molecule has 0 spiro atoms. The van der Waals surface area contributed by atoms with E-state index in [9.17, 15) is 9.59 Å². The summed E-state index contributed by atoms with van der Waals surface area (Å²) in [5.74, 6) is -1.32. The summed E-state index contributed by atoms with van der Waals surface area (Å²) in [6.07, 6.45) is 2.15. The van der Waals surface area contributed by atoms with Crippen LogP contribution in [0.25, 0.3) is 0 Å². The number of rotatable bonds is 6. The van der Waals surface area contributed by atoms with E-state index in [2.05, 4.69) is 27.9 Å². The summed E-state index contributed by atoms with van der Waals surface area (Å²) in [7, 11) is 0. The molecule has 1 atom stereocenters. The minimum atomic E-state index is -0.984. The molecular formula is C13H16INO3. The summed E-state index contributed by atoms with van der Waals surface area (Å²) in [5.41, 5.74) is 0.484. The second-order valence-electron chi connectivity index (χ2n) is 4.01. The normalized spacial score (nSPS) is 11.9. The number of carboxylic acid groups (broad SMARTS) is 1. The summed E-state index contributed by atoms with van der Waals surface area (Å²) >= 11 is 2.15. The second-order valence-corrected chi connectivity index (χ2v) is 5.26. The molecule has 1 rings (SSSR count). The van der Waals surface area contributed by atoms with Crippen LogP contribution in [0.15, 0.2) is 24.3 Å². The van der Waals surface area contributed by atoms with Gasteiger partial charge in [0.05, 0.1) is 0 Å². The molecule has 0 aliphatic rings. The van der Waals surface area contributed by atoms with E-state index in [-0.39, 0.29) is 5.91 Å². The molecule has 1 aromatic rings. The highest BCUT2D eigenvalue weighted by molar-refractivity contribution is 14.1. The average Bonchev–Trinajstić information content (AvgIpc) is 2.34. The molecule has 2 N–H and O–H groups in total. The molecule has 1 amide bonds. The fraction of sp³-hybridized carbons (Fsp3) is 0.385. The lowest BCUT2D eigenvalue weighted by Crippen LogP contribution is -2.40. The number of hydrogen-bond donors (Lipinski definition) is 2. The van der Waals surface area contributed by atoms with Gasteiger partial charge in [-0.3, -0.25) is 4.79 Å². The van der Waals surface area contributed by atoms with E-state index in [4.69, 9.17) is 5.11 Å². The van der Waals surface area contributed by atoms with E-state index in [1.807, 2.05) is 19.1 Å². The Morgan fingerprint density at radius 2 is 1.94 bits per heavy atom. The molecule has 0 saturated heterocycles. The molecule has 4 nitrogen and oxygen atoms in total. The molecule has 1 unspecified atom stereocenters. The molecule has 98 valence electrons. The number of nitrogens with one attached hydrogen (secondary N) is 1. The smallest absolute Gasteiger partial charge is 0.326 e. The number of hydrogen-bond acceptors (Lipinski definition) is 2. The molecule has 1 aromatic carbocycles. The maximum Gasteiger partial charge on any atom is 0.326 e. The van der Waals surface area contributed by atoms with Crippen molar-refractivity contribution in [3.63, 3.8) is 0 Å². The van der Waals surface area contributed by atoms with Crippen LogP contribution in [0.2, 0.25) is 0 Å².